The van der Waals surface area contributed by atoms with E-state index in [4.69, 9.17) is 4.74 Å². The highest BCUT2D eigenvalue weighted by molar-refractivity contribution is 7.98. The van der Waals surface area contributed by atoms with Gasteiger partial charge < -0.3 is 9.47 Å². The average molecular weight is 403 g/mol. The highest BCUT2D eigenvalue weighted by Gasteiger charge is 2.13. The molecule has 0 N–H and O–H groups in total. The fourth-order valence-electron chi connectivity index (χ4n) is 2.89. The van der Waals surface area contributed by atoms with E-state index in [1.165, 1.54) is 6.20 Å². The summed E-state index contributed by atoms with van der Waals surface area (Å²) in [5, 5.41) is 0. The lowest BCUT2D eigenvalue weighted by Gasteiger charge is -2.12. The number of thioether (sulfide) groups is 1. The minimum absolute atomic E-state index is 0.201. The number of alkyl halides is 2. The standard InChI is InChI=1S/C20H19F2N3O2S/c1-11-5-13(19-15(6-11)25-17(9-24-19)27-20(21)22)10-28-16-8-14(26-4)7-12(2)18(16)23-3/h5-9,20H,3,10H2,1-2,4H3. The van der Waals surface area contributed by atoms with E-state index in [0.717, 1.165) is 33.0 Å². The Morgan fingerprint density at radius 1 is 1.21 bits per heavy atom. The molecule has 0 aliphatic rings. The molecule has 1 heterocycles. The van der Waals surface area contributed by atoms with Gasteiger partial charge in [-0.25, -0.2) is 9.97 Å². The van der Waals surface area contributed by atoms with Crippen molar-refractivity contribution in [2.24, 2.45) is 4.99 Å². The fourth-order valence-corrected chi connectivity index (χ4v) is 3.99. The van der Waals surface area contributed by atoms with Crippen LogP contribution < -0.4 is 9.47 Å². The number of rotatable bonds is 7. The minimum atomic E-state index is -2.94. The van der Waals surface area contributed by atoms with Crippen molar-refractivity contribution in [2.75, 3.05) is 7.11 Å². The van der Waals surface area contributed by atoms with Gasteiger partial charge in [0, 0.05) is 10.6 Å². The summed E-state index contributed by atoms with van der Waals surface area (Å²) in [5.41, 5.74) is 4.83. The number of aliphatic imine (C=N–C) groups is 1. The zero-order valence-corrected chi connectivity index (χ0v) is 16.5. The van der Waals surface area contributed by atoms with Crippen molar-refractivity contribution in [1.82, 2.24) is 9.97 Å². The molecule has 0 unspecified atom stereocenters. The lowest BCUT2D eigenvalue weighted by molar-refractivity contribution is -0.0528. The van der Waals surface area contributed by atoms with E-state index in [9.17, 15) is 8.78 Å². The minimum Gasteiger partial charge on any atom is -0.497 e. The molecule has 0 saturated heterocycles. The van der Waals surface area contributed by atoms with Crippen LogP contribution in [0.1, 0.15) is 16.7 Å². The third-order valence-electron chi connectivity index (χ3n) is 4.07. The molecule has 3 rings (SSSR count). The van der Waals surface area contributed by atoms with Gasteiger partial charge in [0.15, 0.2) is 0 Å². The number of benzene rings is 2. The van der Waals surface area contributed by atoms with Crippen LogP contribution in [0.25, 0.3) is 11.0 Å². The Labute approximate surface area is 165 Å². The normalized spacial score (nSPS) is 11.1. The number of hydrogen-bond acceptors (Lipinski definition) is 6. The maximum atomic E-state index is 12.4. The van der Waals surface area contributed by atoms with Gasteiger partial charge in [-0.15, -0.1) is 11.8 Å². The Morgan fingerprint density at radius 2 is 2.00 bits per heavy atom. The molecule has 0 amide bonds. The van der Waals surface area contributed by atoms with Gasteiger partial charge in [0.25, 0.3) is 0 Å². The molecule has 5 nitrogen and oxygen atoms in total. The summed E-state index contributed by atoms with van der Waals surface area (Å²) in [5.74, 6) is 1.14. The average Bonchev–Trinajstić information content (AvgIpc) is 2.64. The first kappa shape index (κ1) is 20.0. The van der Waals surface area contributed by atoms with Gasteiger partial charge in [0.2, 0.25) is 5.88 Å². The highest BCUT2D eigenvalue weighted by Crippen LogP contribution is 2.38. The summed E-state index contributed by atoms with van der Waals surface area (Å²) in [6.45, 7) is 4.59. The van der Waals surface area contributed by atoms with Crippen LogP contribution >= 0.6 is 11.8 Å². The summed E-state index contributed by atoms with van der Waals surface area (Å²) in [4.78, 5) is 13.5. The molecule has 0 spiro atoms. The van der Waals surface area contributed by atoms with Crippen molar-refractivity contribution in [2.45, 2.75) is 31.1 Å². The topological polar surface area (TPSA) is 56.6 Å². The summed E-state index contributed by atoms with van der Waals surface area (Å²) in [7, 11) is 1.62. The molecule has 8 heteroatoms. The Balaban J connectivity index is 1.95. The van der Waals surface area contributed by atoms with E-state index in [2.05, 4.69) is 26.4 Å². The van der Waals surface area contributed by atoms with E-state index < -0.39 is 6.61 Å². The lowest BCUT2D eigenvalue weighted by atomic mass is 10.1. The summed E-state index contributed by atoms with van der Waals surface area (Å²) >= 11 is 1.57. The van der Waals surface area contributed by atoms with Crippen molar-refractivity contribution < 1.29 is 18.3 Å². The second-order valence-electron chi connectivity index (χ2n) is 6.12. The highest BCUT2D eigenvalue weighted by atomic mass is 32.2. The summed E-state index contributed by atoms with van der Waals surface area (Å²) in [6.07, 6.45) is 1.21. The SMILES string of the molecule is C=Nc1c(C)cc(OC)cc1SCc1cc(C)cc2nc(OC(F)F)cnc12. The fraction of sp³-hybridized carbons (Fsp3) is 0.250. The molecular weight excluding hydrogens is 384 g/mol. The molecule has 2 aromatic carbocycles. The van der Waals surface area contributed by atoms with Crippen LogP contribution in [-0.2, 0) is 5.75 Å². The molecule has 0 atom stereocenters. The molecule has 146 valence electrons. The second kappa shape index (κ2) is 8.52. The van der Waals surface area contributed by atoms with E-state index in [1.807, 2.05) is 32.0 Å². The zero-order chi connectivity index (χ0) is 20.3. The number of aromatic nitrogens is 2. The molecule has 0 aliphatic heterocycles. The van der Waals surface area contributed by atoms with Crippen molar-refractivity contribution in [3.8, 4) is 11.6 Å². The molecule has 0 bridgehead atoms. The van der Waals surface area contributed by atoms with Crippen molar-refractivity contribution in [1.29, 1.82) is 0 Å². The van der Waals surface area contributed by atoms with E-state index >= 15 is 0 Å². The van der Waals surface area contributed by atoms with Crippen LogP contribution in [0.5, 0.6) is 11.6 Å². The van der Waals surface area contributed by atoms with E-state index in [1.54, 1.807) is 24.9 Å². The molecule has 0 saturated carbocycles. The van der Waals surface area contributed by atoms with Gasteiger partial charge in [-0.05, 0) is 55.5 Å². The molecular formula is C20H19F2N3O2S. The van der Waals surface area contributed by atoms with Crippen molar-refractivity contribution >= 4 is 35.2 Å². The molecule has 0 fully saturated rings. The van der Waals surface area contributed by atoms with Gasteiger partial charge in [-0.1, -0.05) is 6.07 Å². The van der Waals surface area contributed by atoms with Crippen LogP contribution in [0.4, 0.5) is 14.5 Å². The lowest BCUT2D eigenvalue weighted by Crippen LogP contribution is -2.04. The molecule has 0 radical (unpaired) electrons. The Morgan fingerprint density at radius 3 is 2.68 bits per heavy atom. The van der Waals surface area contributed by atoms with Crippen LogP contribution in [0.3, 0.4) is 0 Å². The monoisotopic (exact) mass is 403 g/mol. The first-order valence-corrected chi connectivity index (χ1v) is 9.39. The first-order valence-electron chi connectivity index (χ1n) is 8.40. The van der Waals surface area contributed by atoms with Crippen molar-refractivity contribution in [3.05, 3.63) is 47.2 Å². The summed E-state index contributed by atoms with van der Waals surface area (Å²) in [6, 6.07) is 7.62. The van der Waals surface area contributed by atoms with Crippen LogP contribution in [-0.4, -0.2) is 30.4 Å². The smallest absolute Gasteiger partial charge is 0.388 e. The Bertz CT molecular complexity index is 1030. The number of methoxy groups -OCH3 is 1. The number of nitrogens with zero attached hydrogens (tertiary/aromatic N) is 3. The third kappa shape index (κ3) is 4.39. The number of halogens is 2. The molecule has 28 heavy (non-hydrogen) atoms. The largest absolute Gasteiger partial charge is 0.497 e. The van der Waals surface area contributed by atoms with E-state index in [-0.39, 0.29) is 5.88 Å². The van der Waals surface area contributed by atoms with E-state index in [0.29, 0.717) is 16.8 Å². The first-order chi connectivity index (χ1) is 13.4. The number of hydrogen-bond donors (Lipinski definition) is 0. The number of fused-ring (bicyclic) bond motifs is 1. The predicted octanol–water partition coefficient (Wildman–Crippen LogP) is 5.48. The van der Waals surface area contributed by atoms with Gasteiger partial charge in [0.05, 0.1) is 30.0 Å². The van der Waals surface area contributed by atoms with Gasteiger partial charge in [-0.2, -0.15) is 8.78 Å². The second-order valence-corrected chi connectivity index (χ2v) is 7.13. The van der Waals surface area contributed by atoms with Gasteiger partial charge in [0.1, 0.15) is 5.75 Å². The van der Waals surface area contributed by atoms with Crippen molar-refractivity contribution in [3.63, 3.8) is 0 Å². The molecule has 0 aliphatic carbocycles. The molecule has 3 aromatic rings. The number of ether oxygens (including phenoxy) is 2. The molecule has 1 aromatic heterocycles. The van der Waals surface area contributed by atoms with Gasteiger partial charge in [-0.3, -0.25) is 4.99 Å². The quantitative estimate of drug-likeness (QED) is 0.386. The third-order valence-corrected chi connectivity index (χ3v) is 5.15. The zero-order valence-electron chi connectivity index (χ0n) is 15.7. The maximum absolute atomic E-state index is 12.4. The number of aryl methyl sites for hydroxylation is 2. The van der Waals surface area contributed by atoms with Crippen LogP contribution in [0, 0.1) is 13.8 Å². The Hall–Kier alpha value is -2.74. The Kier molecular flexibility index (Phi) is 6.08. The van der Waals surface area contributed by atoms with Crippen LogP contribution in [0.2, 0.25) is 0 Å². The predicted molar refractivity (Wildman–Crippen MR) is 107 cm³/mol. The maximum Gasteiger partial charge on any atom is 0.388 e. The summed E-state index contributed by atoms with van der Waals surface area (Å²) < 4.78 is 34.6. The van der Waals surface area contributed by atoms with Crippen LogP contribution in [0.15, 0.2) is 40.4 Å². The van der Waals surface area contributed by atoms with Gasteiger partial charge >= 0.3 is 6.61 Å².